The molecule has 14 heteroatoms. The first-order valence-corrected chi connectivity index (χ1v) is 12.1. The number of aromatic nitrogens is 2. The number of phenols is 2. The van der Waals surface area contributed by atoms with Crippen molar-refractivity contribution in [1.82, 2.24) is 9.97 Å². The van der Waals surface area contributed by atoms with Gasteiger partial charge in [0.1, 0.15) is 22.9 Å². The summed E-state index contributed by atoms with van der Waals surface area (Å²) in [5.74, 6) is -0.366. The van der Waals surface area contributed by atoms with Crippen molar-refractivity contribution >= 4 is 34.1 Å². The monoisotopic (exact) mass is 562 g/mol. The van der Waals surface area contributed by atoms with Crippen LogP contribution in [0.3, 0.4) is 0 Å². The van der Waals surface area contributed by atoms with Gasteiger partial charge in [0.05, 0.1) is 33.6 Å². The zero-order valence-corrected chi connectivity index (χ0v) is 21.3. The van der Waals surface area contributed by atoms with E-state index in [2.05, 4.69) is 30.4 Å². The Morgan fingerprint density at radius 3 is 1.31 bits per heavy atom. The van der Waals surface area contributed by atoms with Crippen molar-refractivity contribution in [1.29, 1.82) is 0 Å². The zero-order valence-electron chi connectivity index (χ0n) is 21.3. The van der Waals surface area contributed by atoms with Gasteiger partial charge in [-0.3, -0.25) is 30.2 Å². The number of nitrogens with zero attached hydrogens (tertiary/aromatic N) is 8. The van der Waals surface area contributed by atoms with E-state index in [0.717, 1.165) is 0 Å². The van der Waals surface area contributed by atoms with Crippen LogP contribution in [0.4, 0.5) is 34.1 Å². The van der Waals surface area contributed by atoms with Crippen LogP contribution in [0.1, 0.15) is 0 Å². The molecule has 0 saturated heterocycles. The minimum atomic E-state index is -0.572. The van der Waals surface area contributed by atoms with Gasteiger partial charge in [-0.25, -0.2) is 0 Å². The molecule has 4 aromatic carbocycles. The van der Waals surface area contributed by atoms with Crippen LogP contribution in [-0.4, -0.2) is 30.0 Å². The predicted octanol–water partition coefficient (Wildman–Crippen LogP) is 7.87. The molecular formula is C28H18N8O6. The minimum absolute atomic E-state index is 0.0336. The lowest BCUT2D eigenvalue weighted by atomic mass is 10.1. The summed E-state index contributed by atoms with van der Waals surface area (Å²) in [5.41, 5.74) is 1.75. The molecule has 2 N–H and O–H groups in total. The Bertz CT molecular complexity index is 1740. The van der Waals surface area contributed by atoms with E-state index < -0.39 is 9.85 Å². The van der Waals surface area contributed by atoms with E-state index in [1.54, 1.807) is 24.3 Å². The van der Waals surface area contributed by atoms with Crippen molar-refractivity contribution in [2.45, 2.75) is 0 Å². The topological polar surface area (TPSA) is 202 Å². The van der Waals surface area contributed by atoms with E-state index in [0.29, 0.717) is 22.5 Å². The van der Waals surface area contributed by atoms with Crippen molar-refractivity contribution in [3.63, 3.8) is 0 Å². The molecule has 0 bridgehead atoms. The number of nitro benzene ring substituents is 2. The molecular weight excluding hydrogens is 544 g/mol. The quantitative estimate of drug-likeness (QED) is 0.108. The van der Waals surface area contributed by atoms with E-state index >= 15 is 0 Å². The first kappa shape index (κ1) is 27.1. The highest BCUT2D eigenvalue weighted by Gasteiger charge is 2.14. The van der Waals surface area contributed by atoms with Crippen LogP contribution in [0, 0.1) is 20.2 Å². The summed E-state index contributed by atoms with van der Waals surface area (Å²) in [6.07, 6.45) is 2.98. The van der Waals surface area contributed by atoms with Crippen molar-refractivity contribution in [2.75, 3.05) is 0 Å². The lowest BCUT2D eigenvalue weighted by Gasteiger charge is -2.06. The van der Waals surface area contributed by atoms with Crippen LogP contribution in [0.25, 0.3) is 22.5 Å². The molecule has 42 heavy (non-hydrogen) atoms. The van der Waals surface area contributed by atoms with Crippen LogP contribution < -0.4 is 0 Å². The van der Waals surface area contributed by atoms with Crippen molar-refractivity contribution in [2.24, 2.45) is 20.5 Å². The summed E-state index contributed by atoms with van der Waals surface area (Å²) in [4.78, 5) is 30.2. The molecule has 0 atom stereocenters. The van der Waals surface area contributed by atoms with E-state index in [9.17, 15) is 30.4 Å². The Balaban J connectivity index is 1.39. The van der Waals surface area contributed by atoms with Crippen molar-refractivity contribution in [3.8, 4) is 34.0 Å². The second-order valence-corrected chi connectivity index (χ2v) is 8.59. The lowest BCUT2D eigenvalue weighted by molar-refractivity contribution is -0.384. The number of phenolic OH excluding ortho intramolecular Hbond substituents is 2. The molecule has 0 unspecified atom stereocenters. The summed E-state index contributed by atoms with van der Waals surface area (Å²) < 4.78 is 0. The van der Waals surface area contributed by atoms with Crippen molar-refractivity contribution < 1.29 is 20.1 Å². The molecule has 5 rings (SSSR count). The fourth-order valence-electron chi connectivity index (χ4n) is 3.77. The molecule has 0 radical (unpaired) electrons. The Morgan fingerprint density at radius 2 is 0.929 bits per heavy atom. The Kier molecular flexibility index (Phi) is 7.59. The molecule has 0 saturated carbocycles. The highest BCUT2D eigenvalue weighted by molar-refractivity contribution is 5.70. The number of benzene rings is 4. The molecule has 0 aliphatic heterocycles. The van der Waals surface area contributed by atoms with Gasteiger partial charge >= 0.3 is 0 Å². The highest BCUT2D eigenvalue weighted by Crippen LogP contribution is 2.36. The average molecular weight is 563 g/mol. The van der Waals surface area contributed by atoms with Crippen LogP contribution in [-0.2, 0) is 0 Å². The number of nitro groups is 2. The molecule has 14 nitrogen and oxygen atoms in total. The number of hydrogen-bond acceptors (Lipinski definition) is 12. The van der Waals surface area contributed by atoms with E-state index in [4.69, 9.17) is 0 Å². The Morgan fingerprint density at radius 1 is 0.548 bits per heavy atom. The standard InChI is InChI=1S/C28H18N8O6/c37-27-11-9-17(13-21(27)33-31-19-5-1-3-7-25(19)35(39)40)23-15-30-24(16-29-23)18-10-12-28(38)22(14-18)34-32-20-6-2-4-8-26(20)36(41)42/h1-16,37-38H/b33-31+,34-32+. The summed E-state index contributed by atoms with van der Waals surface area (Å²) in [6, 6.07) is 20.7. The fraction of sp³-hybridized carbons (Fsp3) is 0. The molecule has 0 spiro atoms. The van der Waals surface area contributed by atoms with E-state index in [-0.39, 0.29) is 45.6 Å². The van der Waals surface area contributed by atoms with Gasteiger partial charge in [0, 0.05) is 23.3 Å². The molecule has 206 valence electrons. The Hall–Kier alpha value is -6.44. The van der Waals surface area contributed by atoms with Gasteiger partial charge in [-0.2, -0.15) is 0 Å². The maximum absolute atomic E-state index is 11.2. The van der Waals surface area contributed by atoms with Crippen LogP contribution in [0.5, 0.6) is 11.5 Å². The summed E-state index contributed by atoms with van der Waals surface area (Å²) in [5, 5.41) is 58.8. The normalized spacial score (nSPS) is 11.2. The molecule has 5 aromatic rings. The fourth-order valence-corrected chi connectivity index (χ4v) is 3.77. The van der Waals surface area contributed by atoms with E-state index in [1.165, 1.54) is 73.1 Å². The SMILES string of the molecule is O=[N+]([O-])c1ccccc1/N=N/c1cc(-c2cnc(-c3ccc(O)c(/N=N/c4ccccc4[N+](=O)[O-])c3)cn2)ccc1O. The number of rotatable bonds is 8. The summed E-state index contributed by atoms with van der Waals surface area (Å²) >= 11 is 0. The van der Waals surface area contributed by atoms with Gasteiger partial charge in [0.2, 0.25) is 0 Å². The van der Waals surface area contributed by atoms with Gasteiger partial charge in [0.25, 0.3) is 11.4 Å². The second kappa shape index (κ2) is 11.7. The van der Waals surface area contributed by atoms with Gasteiger partial charge in [0.15, 0.2) is 11.4 Å². The van der Waals surface area contributed by atoms with Gasteiger partial charge < -0.3 is 10.2 Å². The first-order chi connectivity index (χ1) is 20.3. The van der Waals surface area contributed by atoms with Crippen LogP contribution in [0.2, 0.25) is 0 Å². The summed E-state index contributed by atoms with van der Waals surface area (Å²) in [6.45, 7) is 0. The number of azo groups is 2. The van der Waals surface area contributed by atoms with Crippen LogP contribution >= 0.6 is 0 Å². The van der Waals surface area contributed by atoms with Gasteiger partial charge in [-0.1, -0.05) is 24.3 Å². The van der Waals surface area contributed by atoms with Crippen LogP contribution in [0.15, 0.2) is 118 Å². The third kappa shape index (κ3) is 5.91. The maximum Gasteiger partial charge on any atom is 0.296 e. The Labute approximate surface area is 236 Å². The van der Waals surface area contributed by atoms with E-state index in [1.807, 2.05) is 0 Å². The maximum atomic E-state index is 11.2. The minimum Gasteiger partial charge on any atom is -0.506 e. The number of hydrogen-bond donors (Lipinski definition) is 2. The molecule has 0 aliphatic carbocycles. The highest BCUT2D eigenvalue weighted by atomic mass is 16.6. The molecule has 0 fully saturated rings. The third-order valence-electron chi connectivity index (χ3n) is 5.88. The molecule has 1 heterocycles. The smallest absolute Gasteiger partial charge is 0.296 e. The van der Waals surface area contributed by atoms with Gasteiger partial charge in [-0.05, 0) is 48.5 Å². The number of para-hydroxylation sites is 2. The average Bonchev–Trinajstić information content (AvgIpc) is 3.00. The predicted molar refractivity (Wildman–Crippen MR) is 151 cm³/mol. The lowest BCUT2D eigenvalue weighted by Crippen LogP contribution is -1.89. The molecule has 0 amide bonds. The third-order valence-corrected chi connectivity index (χ3v) is 5.88. The number of aromatic hydroxyl groups is 2. The zero-order chi connectivity index (χ0) is 29.6. The largest absolute Gasteiger partial charge is 0.506 e. The van der Waals surface area contributed by atoms with Crippen molar-refractivity contribution in [3.05, 3.63) is 118 Å². The first-order valence-electron chi connectivity index (χ1n) is 12.1. The molecule has 1 aromatic heterocycles. The molecule has 0 aliphatic rings. The van der Waals surface area contributed by atoms with Gasteiger partial charge in [-0.15, -0.1) is 20.5 Å². The summed E-state index contributed by atoms with van der Waals surface area (Å²) in [7, 11) is 0. The second-order valence-electron chi connectivity index (χ2n) is 8.59.